The van der Waals surface area contributed by atoms with Gasteiger partial charge in [0.05, 0.1) is 19.4 Å². The van der Waals surface area contributed by atoms with E-state index in [2.05, 4.69) is 5.32 Å². The molecule has 0 atom stereocenters. The highest BCUT2D eigenvalue weighted by Gasteiger charge is 2.37. The number of imide groups is 2. The SMILES string of the molecule is CCCOc1ccc(N2C(=O)NC(=O)/C(=C/c3ccc(OC)cc3OCc3ccccc3Cl)C2=O)cc1. The van der Waals surface area contributed by atoms with Crippen molar-refractivity contribution >= 4 is 41.2 Å². The fourth-order valence-corrected chi connectivity index (χ4v) is 3.81. The predicted molar refractivity (Wildman–Crippen MR) is 140 cm³/mol. The van der Waals surface area contributed by atoms with Gasteiger partial charge in [-0.15, -0.1) is 0 Å². The molecule has 1 fully saturated rings. The summed E-state index contributed by atoms with van der Waals surface area (Å²) in [4.78, 5) is 39.5. The molecule has 4 amide bonds. The molecule has 1 aliphatic heterocycles. The smallest absolute Gasteiger partial charge is 0.335 e. The quantitative estimate of drug-likeness (QED) is 0.300. The lowest BCUT2D eigenvalue weighted by atomic mass is 10.1. The van der Waals surface area contributed by atoms with E-state index >= 15 is 0 Å². The number of hydrogen-bond acceptors (Lipinski definition) is 6. The molecule has 9 heteroatoms. The molecule has 0 radical (unpaired) electrons. The van der Waals surface area contributed by atoms with Crippen LogP contribution in [0.4, 0.5) is 10.5 Å². The fourth-order valence-electron chi connectivity index (χ4n) is 3.62. The highest BCUT2D eigenvalue weighted by molar-refractivity contribution is 6.39. The highest BCUT2D eigenvalue weighted by Crippen LogP contribution is 2.30. The number of carbonyl (C=O) groups is 3. The number of benzene rings is 3. The molecule has 0 unspecified atom stereocenters. The molecular formula is C28H25ClN2O6. The lowest BCUT2D eigenvalue weighted by Crippen LogP contribution is -2.54. The molecule has 3 aromatic rings. The van der Waals surface area contributed by atoms with Gasteiger partial charge in [0.2, 0.25) is 0 Å². The number of rotatable bonds is 9. The van der Waals surface area contributed by atoms with Gasteiger partial charge in [-0.2, -0.15) is 0 Å². The Kier molecular flexibility index (Phi) is 8.10. The lowest BCUT2D eigenvalue weighted by molar-refractivity contribution is -0.122. The number of barbiturate groups is 1. The van der Waals surface area contributed by atoms with Gasteiger partial charge in [-0.1, -0.05) is 36.7 Å². The third-order valence-electron chi connectivity index (χ3n) is 5.53. The van der Waals surface area contributed by atoms with E-state index in [9.17, 15) is 14.4 Å². The van der Waals surface area contributed by atoms with Crippen molar-refractivity contribution in [3.8, 4) is 17.2 Å². The van der Waals surface area contributed by atoms with Gasteiger partial charge in [-0.25, -0.2) is 9.69 Å². The van der Waals surface area contributed by atoms with Crippen molar-refractivity contribution in [1.82, 2.24) is 5.32 Å². The topological polar surface area (TPSA) is 94.2 Å². The summed E-state index contributed by atoms with van der Waals surface area (Å²) in [5, 5.41) is 2.78. The number of nitrogens with one attached hydrogen (secondary N) is 1. The van der Waals surface area contributed by atoms with Crippen LogP contribution >= 0.6 is 11.6 Å². The Bertz CT molecular complexity index is 1350. The highest BCUT2D eigenvalue weighted by atomic mass is 35.5. The molecule has 3 aromatic carbocycles. The number of ether oxygens (including phenoxy) is 3. The maximum Gasteiger partial charge on any atom is 0.335 e. The van der Waals surface area contributed by atoms with Crippen molar-refractivity contribution in [2.24, 2.45) is 0 Å². The molecule has 0 saturated carbocycles. The van der Waals surface area contributed by atoms with Crippen LogP contribution in [0.1, 0.15) is 24.5 Å². The van der Waals surface area contributed by atoms with E-state index in [1.165, 1.54) is 13.2 Å². The van der Waals surface area contributed by atoms with Gasteiger partial charge >= 0.3 is 6.03 Å². The monoisotopic (exact) mass is 520 g/mol. The van der Waals surface area contributed by atoms with E-state index in [4.69, 9.17) is 25.8 Å². The molecular weight excluding hydrogens is 496 g/mol. The maximum atomic E-state index is 13.3. The summed E-state index contributed by atoms with van der Waals surface area (Å²) in [6, 6.07) is 17.9. The van der Waals surface area contributed by atoms with Gasteiger partial charge in [0.25, 0.3) is 11.8 Å². The van der Waals surface area contributed by atoms with Crippen molar-refractivity contribution in [2.75, 3.05) is 18.6 Å². The van der Waals surface area contributed by atoms with Crippen LogP contribution in [-0.4, -0.2) is 31.6 Å². The van der Waals surface area contributed by atoms with Crippen molar-refractivity contribution in [1.29, 1.82) is 0 Å². The molecule has 37 heavy (non-hydrogen) atoms. The molecule has 1 aliphatic rings. The van der Waals surface area contributed by atoms with Crippen LogP contribution in [-0.2, 0) is 16.2 Å². The summed E-state index contributed by atoms with van der Waals surface area (Å²) in [5.41, 5.74) is 1.29. The fraction of sp³-hybridized carbons (Fsp3) is 0.179. The van der Waals surface area contributed by atoms with Crippen LogP contribution in [0.5, 0.6) is 17.2 Å². The Balaban J connectivity index is 1.64. The molecule has 1 N–H and O–H groups in total. The van der Waals surface area contributed by atoms with Gasteiger partial charge in [-0.05, 0) is 55.0 Å². The van der Waals surface area contributed by atoms with Gasteiger partial charge in [0, 0.05) is 22.2 Å². The molecule has 4 rings (SSSR count). The minimum atomic E-state index is -0.834. The zero-order valence-electron chi connectivity index (χ0n) is 20.3. The van der Waals surface area contributed by atoms with Crippen LogP contribution in [0, 0.1) is 0 Å². The number of amides is 4. The molecule has 1 saturated heterocycles. The molecule has 0 spiro atoms. The minimum Gasteiger partial charge on any atom is -0.497 e. The standard InChI is InChI=1S/C28H25ClN2O6/c1-3-14-36-21-12-9-20(10-13-21)31-27(33)23(26(32)30-28(31)34)15-18-8-11-22(35-2)16-25(18)37-17-19-6-4-5-7-24(19)29/h4-13,15-16H,3,14,17H2,1-2H3,(H,30,32,34)/b23-15-. The minimum absolute atomic E-state index is 0.153. The Morgan fingerprint density at radius 2 is 1.68 bits per heavy atom. The van der Waals surface area contributed by atoms with E-state index in [-0.39, 0.29) is 12.2 Å². The van der Waals surface area contributed by atoms with Crippen LogP contribution in [0.3, 0.4) is 0 Å². The summed E-state index contributed by atoms with van der Waals surface area (Å²) in [5.74, 6) is -0.0575. The van der Waals surface area contributed by atoms with E-state index in [1.54, 1.807) is 48.5 Å². The Morgan fingerprint density at radius 1 is 0.946 bits per heavy atom. The summed E-state index contributed by atoms with van der Waals surface area (Å²) >= 11 is 6.25. The summed E-state index contributed by atoms with van der Waals surface area (Å²) in [6.45, 7) is 2.69. The molecule has 0 aliphatic carbocycles. The zero-order chi connectivity index (χ0) is 26.4. The molecule has 190 valence electrons. The Labute approximate surface area is 219 Å². The van der Waals surface area contributed by atoms with Crippen LogP contribution in [0.15, 0.2) is 72.3 Å². The largest absolute Gasteiger partial charge is 0.497 e. The number of urea groups is 1. The first-order valence-corrected chi connectivity index (χ1v) is 12.0. The summed E-state index contributed by atoms with van der Waals surface area (Å²) in [6.07, 6.45) is 2.23. The van der Waals surface area contributed by atoms with Crippen molar-refractivity contribution in [2.45, 2.75) is 20.0 Å². The number of hydrogen-bond donors (Lipinski definition) is 1. The average molecular weight is 521 g/mol. The van der Waals surface area contributed by atoms with Gasteiger partial charge in [0.15, 0.2) is 0 Å². The predicted octanol–water partition coefficient (Wildman–Crippen LogP) is 5.38. The number of nitrogens with zero attached hydrogens (tertiary/aromatic N) is 1. The maximum absolute atomic E-state index is 13.3. The van der Waals surface area contributed by atoms with E-state index in [0.29, 0.717) is 40.1 Å². The normalized spacial score (nSPS) is 14.5. The Hall–Kier alpha value is -4.30. The second-order valence-electron chi connectivity index (χ2n) is 8.08. The number of anilines is 1. The van der Waals surface area contributed by atoms with E-state index < -0.39 is 17.8 Å². The van der Waals surface area contributed by atoms with E-state index in [1.807, 2.05) is 25.1 Å². The average Bonchev–Trinajstić information content (AvgIpc) is 2.90. The van der Waals surface area contributed by atoms with Crippen LogP contribution < -0.4 is 24.4 Å². The molecule has 1 heterocycles. The van der Waals surface area contributed by atoms with Gasteiger partial charge in [-0.3, -0.25) is 14.9 Å². The first-order valence-electron chi connectivity index (χ1n) is 11.6. The first kappa shape index (κ1) is 25.8. The zero-order valence-corrected chi connectivity index (χ0v) is 21.1. The van der Waals surface area contributed by atoms with Crippen molar-refractivity contribution in [3.05, 3.63) is 88.5 Å². The number of halogens is 1. The summed E-state index contributed by atoms with van der Waals surface area (Å²) in [7, 11) is 1.52. The van der Waals surface area contributed by atoms with Gasteiger partial charge < -0.3 is 14.2 Å². The second kappa shape index (κ2) is 11.6. The Morgan fingerprint density at radius 3 is 2.38 bits per heavy atom. The lowest BCUT2D eigenvalue weighted by Gasteiger charge is -2.26. The van der Waals surface area contributed by atoms with Gasteiger partial charge in [0.1, 0.15) is 29.4 Å². The third kappa shape index (κ3) is 5.92. The number of methoxy groups -OCH3 is 1. The molecule has 0 bridgehead atoms. The molecule has 0 aromatic heterocycles. The number of carbonyl (C=O) groups excluding carboxylic acids is 3. The second-order valence-corrected chi connectivity index (χ2v) is 8.49. The van der Waals surface area contributed by atoms with Crippen LogP contribution in [0.25, 0.3) is 6.08 Å². The first-order chi connectivity index (χ1) is 17.9. The van der Waals surface area contributed by atoms with Crippen molar-refractivity contribution in [3.63, 3.8) is 0 Å². The van der Waals surface area contributed by atoms with E-state index in [0.717, 1.165) is 16.9 Å². The van der Waals surface area contributed by atoms with Crippen LogP contribution in [0.2, 0.25) is 5.02 Å². The van der Waals surface area contributed by atoms with Crippen molar-refractivity contribution < 1.29 is 28.6 Å². The molecule has 8 nitrogen and oxygen atoms in total. The summed E-state index contributed by atoms with van der Waals surface area (Å²) < 4.78 is 16.9. The third-order valence-corrected chi connectivity index (χ3v) is 5.90.